The van der Waals surface area contributed by atoms with E-state index in [9.17, 15) is 9.59 Å². The first-order valence-electron chi connectivity index (χ1n) is 11.0. The summed E-state index contributed by atoms with van der Waals surface area (Å²) in [6.07, 6.45) is 1.75. The van der Waals surface area contributed by atoms with E-state index in [1.807, 2.05) is 31.5 Å². The molecule has 2 aromatic heterocycles. The lowest BCUT2D eigenvalue weighted by Gasteiger charge is -2.35. The molecule has 0 spiro atoms. The van der Waals surface area contributed by atoms with E-state index in [1.54, 1.807) is 41.3 Å². The van der Waals surface area contributed by atoms with Crippen LogP contribution < -0.4 is 9.47 Å². The molecule has 0 saturated carbocycles. The van der Waals surface area contributed by atoms with Crippen molar-refractivity contribution >= 4 is 22.8 Å². The lowest BCUT2D eigenvalue weighted by atomic mass is 10.1. The first-order chi connectivity index (χ1) is 15.8. The number of nitrogens with zero attached hydrogens (tertiary/aromatic N) is 5. The van der Waals surface area contributed by atoms with E-state index >= 15 is 0 Å². The maximum atomic E-state index is 13.2. The van der Waals surface area contributed by atoms with Crippen LogP contribution in [-0.4, -0.2) is 76.8 Å². The molecule has 3 heterocycles. The van der Waals surface area contributed by atoms with Crippen LogP contribution >= 0.6 is 0 Å². The van der Waals surface area contributed by atoms with E-state index in [-0.39, 0.29) is 17.9 Å². The summed E-state index contributed by atoms with van der Waals surface area (Å²) in [4.78, 5) is 34.5. The molecule has 4 rings (SSSR count). The fourth-order valence-electron chi connectivity index (χ4n) is 4.09. The molecular formula is C24H29N5O4. The van der Waals surface area contributed by atoms with Crippen LogP contribution in [0.15, 0.2) is 30.5 Å². The van der Waals surface area contributed by atoms with Gasteiger partial charge in [-0.25, -0.2) is 9.67 Å². The van der Waals surface area contributed by atoms with E-state index < -0.39 is 0 Å². The highest BCUT2D eigenvalue weighted by Gasteiger charge is 2.28. The first kappa shape index (κ1) is 22.6. The average molecular weight is 452 g/mol. The van der Waals surface area contributed by atoms with Gasteiger partial charge in [0.15, 0.2) is 5.65 Å². The van der Waals surface area contributed by atoms with Gasteiger partial charge in [-0.1, -0.05) is 0 Å². The predicted molar refractivity (Wildman–Crippen MR) is 124 cm³/mol. The third-order valence-electron chi connectivity index (χ3n) is 5.97. The number of piperazine rings is 1. The Morgan fingerprint density at radius 2 is 1.58 bits per heavy atom. The zero-order valence-corrected chi connectivity index (χ0v) is 19.7. The molecule has 33 heavy (non-hydrogen) atoms. The third-order valence-corrected chi connectivity index (χ3v) is 5.97. The van der Waals surface area contributed by atoms with E-state index in [1.165, 1.54) is 7.11 Å². The minimum atomic E-state index is -0.123. The van der Waals surface area contributed by atoms with Crippen molar-refractivity contribution in [3.63, 3.8) is 0 Å². The molecule has 9 nitrogen and oxygen atoms in total. The molecule has 1 aliphatic heterocycles. The number of amides is 2. The molecule has 0 radical (unpaired) electrons. The normalized spacial score (nSPS) is 14.1. The van der Waals surface area contributed by atoms with Crippen LogP contribution in [0.5, 0.6) is 11.5 Å². The van der Waals surface area contributed by atoms with Gasteiger partial charge in [-0.05, 0) is 39.0 Å². The van der Waals surface area contributed by atoms with Crippen LogP contribution in [0.3, 0.4) is 0 Å². The van der Waals surface area contributed by atoms with Gasteiger partial charge in [0.1, 0.15) is 11.5 Å². The Morgan fingerprint density at radius 3 is 2.15 bits per heavy atom. The average Bonchev–Trinajstić information content (AvgIpc) is 3.25. The van der Waals surface area contributed by atoms with Crippen LogP contribution in [0, 0.1) is 6.92 Å². The minimum Gasteiger partial charge on any atom is -0.497 e. The number of benzene rings is 1. The fraction of sp³-hybridized carbons (Fsp3) is 0.417. The largest absolute Gasteiger partial charge is 0.497 e. The molecular weight excluding hydrogens is 422 g/mol. The van der Waals surface area contributed by atoms with Gasteiger partial charge in [0.05, 0.1) is 37.2 Å². The van der Waals surface area contributed by atoms with Crippen molar-refractivity contribution in [1.82, 2.24) is 24.6 Å². The molecule has 0 N–H and O–H groups in total. The van der Waals surface area contributed by atoms with Crippen molar-refractivity contribution in [3.05, 3.63) is 47.3 Å². The molecule has 2 amide bonds. The summed E-state index contributed by atoms with van der Waals surface area (Å²) in [5.74, 6) is 0.892. The summed E-state index contributed by atoms with van der Waals surface area (Å²) in [6, 6.07) is 7.19. The number of carbonyl (C=O) groups excluding carboxylic acids is 2. The number of fused-ring (bicyclic) bond motifs is 1. The monoisotopic (exact) mass is 451 g/mol. The highest BCUT2D eigenvalue weighted by Crippen LogP contribution is 2.26. The fourth-order valence-corrected chi connectivity index (χ4v) is 4.09. The smallest absolute Gasteiger partial charge is 0.257 e. The Bertz CT molecular complexity index is 1200. The first-order valence-corrected chi connectivity index (χ1v) is 11.0. The number of hydrogen-bond acceptors (Lipinski definition) is 6. The molecule has 0 unspecified atom stereocenters. The summed E-state index contributed by atoms with van der Waals surface area (Å²) >= 11 is 0. The van der Waals surface area contributed by atoms with Crippen molar-refractivity contribution in [1.29, 1.82) is 0 Å². The van der Waals surface area contributed by atoms with E-state index in [4.69, 9.17) is 9.47 Å². The molecule has 9 heteroatoms. The zero-order chi connectivity index (χ0) is 23.7. The maximum Gasteiger partial charge on any atom is 0.257 e. The predicted octanol–water partition coefficient (Wildman–Crippen LogP) is 2.94. The molecule has 1 fully saturated rings. The summed E-state index contributed by atoms with van der Waals surface area (Å²) in [5.41, 5.74) is 2.51. The van der Waals surface area contributed by atoms with Crippen molar-refractivity contribution in [2.45, 2.75) is 26.8 Å². The van der Waals surface area contributed by atoms with Gasteiger partial charge in [0.2, 0.25) is 0 Å². The van der Waals surface area contributed by atoms with Crippen LogP contribution in [0.25, 0.3) is 11.0 Å². The molecule has 174 valence electrons. The number of pyridine rings is 1. The van der Waals surface area contributed by atoms with Gasteiger partial charge in [-0.2, -0.15) is 5.10 Å². The lowest BCUT2D eigenvalue weighted by molar-refractivity contribution is 0.0533. The summed E-state index contributed by atoms with van der Waals surface area (Å²) in [6.45, 7) is 7.73. The van der Waals surface area contributed by atoms with Gasteiger partial charge in [-0.15, -0.1) is 0 Å². The molecule has 1 saturated heterocycles. The number of aromatic nitrogens is 3. The topological polar surface area (TPSA) is 89.8 Å². The quantitative estimate of drug-likeness (QED) is 0.593. The van der Waals surface area contributed by atoms with E-state index in [0.717, 1.165) is 11.0 Å². The van der Waals surface area contributed by atoms with Crippen molar-refractivity contribution in [2.75, 3.05) is 40.4 Å². The number of methoxy groups -OCH3 is 2. The Kier molecular flexibility index (Phi) is 6.22. The number of rotatable bonds is 5. The van der Waals surface area contributed by atoms with Crippen molar-refractivity contribution < 1.29 is 19.1 Å². The standard InChI is InChI=1S/C24H29N5O4/c1-15(2)29-22-17(14-25-29)12-20(16(3)26-22)24(31)28-10-8-27(9-11-28)23(30)19-7-6-18(32-4)13-21(19)33-5/h6-7,12-15H,8-11H2,1-5H3. The zero-order valence-electron chi connectivity index (χ0n) is 19.7. The summed E-state index contributed by atoms with van der Waals surface area (Å²) < 4.78 is 12.4. The number of ether oxygens (including phenoxy) is 2. The number of hydrogen-bond donors (Lipinski definition) is 0. The summed E-state index contributed by atoms with van der Waals surface area (Å²) in [5, 5.41) is 5.24. The van der Waals surface area contributed by atoms with Gasteiger partial charge in [0, 0.05) is 43.7 Å². The van der Waals surface area contributed by atoms with Gasteiger partial charge in [0.25, 0.3) is 11.8 Å². The van der Waals surface area contributed by atoms with Crippen LogP contribution in [-0.2, 0) is 0 Å². The van der Waals surface area contributed by atoms with Gasteiger partial charge in [-0.3, -0.25) is 9.59 Å². The molecule has 0 atom stereocenters. The van der Waals surface area contributed by atoms with Crippen molar-refractivity contribution in [2.24, 2.45) is 0 Å². The molecule has 1 aromatic carbocycles. The summed E-state index contributed by atoms with van der Waals surface area (Å²) in [7, 11) is 3.10. The Hall–Kier alpha value is -3.62. The van der Waals surface area contributed by atoms with Crippen molar-refractivity contribution in [3.8, 4) is 11.5 Å². The SMILES string of the molecule is COc1ccc(C(=O)N2CCN(C(=O)c3cc4cnn(C(C)C)c4nc3C)CC2)c(OC)c1. The third kappa shape index (κ3) is 4.22. The minimum absolute atomic E-state index is 0.0756. The van der Waals surface area contributed by atoms with E-state index in [0.29, 0.717) is 54.5 Å². The van der Waals surface area contributed by atoms with E-state index in [2.05, 4.69) is 10.1 Å². The second-order valence-electron chi connectivity index (χ2n) is 8.37. The highest BCUT2D eigenvalue weighted by molar-refractivity contribution is 5.99. The Labute approximate surface area is 192 Å². The van der Waals surface area contributed by atoms with Crippen LogP contribution in [0.4, 0.5) is 0 Å². The number of aryl methyl sites for hydroxylation is 1. The molecule has 3 aromatic rings. The maximum absolute atomic E-state index is 13.2. The van der Waals surface area contributed by atoms with Crippen LogP contribution in [0.2, 0.25) is 0 Å². The van der Waals surface area contributed by atoms with Gasteiger partial charge < -0.3 is 19.3 Å². The molecule has 0 aliphatic carbocycles. The second kappa shape index (κ2) is 9.09. The Morgan fingerprint density at radius 1 is 0.939 bits per heavy atom. The van der Waals surface area contributed by atoms with Crippen LogP contribution in [0.1, 0.15) is 46.3 Å². The Balaban J connectivity index is 1.47. The van der Waals surface area contributed by atoms with Gasteiger partial charge >= 0.3 is 0 Å². The molecule has 0 bridgehead atoms. The number of carbonyl (C=O) groups is 2. The highest BCUT2D eigenvalue weighted by atomic mass is 16.5. The molecule has 1 aliphatic rings. The second-order valence-corrected chi connectivity index (χ2v) is 8.37. The lowest BCUT2D eigenvalue weighted by Crippen LogP contribution is -2.50.